The molecule has 6 rings (SSSR count). The van der Waals surface area contributed by atoms with Crippen molar-refractivity contribution in [2.45, 2.75) is 43.7 Å². The third-order valence-corrected chi connectivity index (χ3v) is 8.49. The molecule has 3 atom stereocenters. The Labute approximate surface area is 244 Å². The summed E-state index contributed by atoms with van der Waals surface area (Å²) in [7, 11) is 1.76. The lowest BCUT2D eigenvalue weighted by atomic mass is 9.86. The summed E-state index contributed by atoms with van der Waals surface area (Å²) in [6.45, 7) is 7.63. The largest absolute Gasteiger partial charge is 0.490 e. The van der Waals surface area contributed by atoms with Gasteiger partial charge in [-0.2, -0.15) is 0 Å². The molecule has 0 spiro atoms. The molecule has 3 aliphatic rings. The van der Waals surface area contributed by atoms with Crippen molar-refractivity contribution in [2.75, 3.05) is 64.5 Å². The van der Waals surface area contributed by atoms with Gasteiger partial charge in [-0.25, -0.2) is 0 Å². The molecule has 3 aliphatic heterocycles. The SMILES string of the molecule is COCCCN1CCOc2ccc(COC3CNCCC3c3ccc(C(OC4CNC4)c4ccccc4)cc3)cc21. The molecule has 2 fully saturated rings. The second-order valence-corrected chi connectivity index (χ2v) is 11.3. The second kappa shape index (κ2) is 13.8. The van der Waals surface area contributed by atoms with Gasteiger partial charge in [0.15, 0.2) is 0 Å². The maximum Gasteiger partial charge on any atom is 0.142 e. The Hall–Kier alpha value is -2.94. The van der Waals surface area contributed by atoms with Crippen LogP contribution in [0.15, 0.2) is 72.8 Å². The maximum absolute atomic E-state index is 6.61. The van der Waals surface area contributed by atoms with Gasteiger partial charge in [-0.3, -0.25) is 0 Å². The third kappa shape index (κ3) is 6.93. The van der Waals surface area contributed by atoms with Crippen molar-refractivity contribution >= 4 is 5.69 Å². The van der Waals surface area contributed by atoms with E-state index in [2.05, 4.69) is 88.3 Å². The number of hydrogen-bond donors (Lipinski definition) is 2. The number of hydrogen-bond acceptors (Lipinski definition) is 7. The Morgan fingerprint density at radius 2 is 1.78 bits per heavy atom. The van der Waals surface area contributed by atoms with Gasteiger partial charge in [0.25, 0.3) is 0 Å². The first-order valence-electron chi connectivity index (χ1n) is 15.1. The molecule has 0 aromatic heterocycles. The molecule has 3 unspecified atom stereocenters. The lowest BCUT2D eigenvalue weighted by molar-refractivity contribution is -0.0202. The van der Waals surface area contributed by atoms with Crippen molar-refractivity contribution in [3.63, 3.8) is 0 Å². The highest BCUT2D eigenvalue weighted by Gasteiger charge is 2.29. The van der Waals surface area contributed by atoms with Gasteiger partial charge in [0.1, 0.15) is 18.5 Å². The molecule has 2 saturated heterocycles. The average Bonchev–Trinajstić information content (AvgIpc) is 3.00. The van der Waals surface area contributed by atoms with E-state index in [1.807, 2.05) is 0 Å². The highest BCUT2D eigenvalue weighted by Crippen LogP contribution is 2.35. The Morgan fingerprint density at radius 3 is 2.56 bits per heavy atom. The first-order valence-corrected chi connectivity index (χ1v) is 15.1. The first kappa shape index (κ1) is 28.2. The Balaban J connectivity index is 1.13. The van der Waals surface area contributed by atoms with Crippen molar-refractivity contribution in [2.24, 2.45) is 0 Å². The normalized spacial score (nSPS) is 21.5. The van der Waals surface area contributed by atoms with E-state index < -0.39 is 0 Å². The maximum atomic E-state index is 6.61. The zero-order valence-corrected chi connectivity index (χ0v) is 24.1. The van der Waals surface area contributed by atoms with Crippen LogP contribution in [0.4, 0.5) is 5.69 Å². The fourth-order valence-corrected chi connectivity index (χ4v) is 6.08. The van der Waals surface area contributed by atoms with Gasteiger partial charge < -0.3 is 34.5 Å². The van der Waals surface area contributed by atoms with Crippen LogP contribution in [0.25, 0.3) is 0 Å². The number of ether oxygens (including phenoxy) is 4. The molecule has 0 bridgehead atoms. The topological polar surface area (TPSA) is 64.2 Å². The van der Waals surface area contributed by atoms with Gasteiger partial charge >= 0.3 is 0 Å². The number of fused-ring (bicyclic) bond motifs is 1. The molecule has 0 saturated carbocycles. The van der Waals surface area contributed by atoms with Gasteiger partial charge in [-0.15, -0.1) is 0 Å². The van der Waals surface area contributed by atoms with E-state index in [9.17, 15) is 0 Å². The molecule has 0 amide bonds. The Bertz CT molecular complexity index is 1230. The number of nitrogens with one attached hydrogen (secondary N) is 2. The van der Waals surface area contributed by atoms with Gasteiger partial charge in [-0.1, -0.05) is 60.7 Å². The minimum Gasteiger partial charge on any atom is -0.490 e. The van der Waals surface area contributed by atoms with Crippen molar-refractivity contribution in [1.29, 1.82) is 0 Å². The van der Waals surface area contributed by atoms with Crippen LogP contribution in [-0.4, -0.2) is 71.8 Å². The van der Waals surface area contributed by atoms with E-state index in [-0.39, 0.29) is 18.3 Å². The van der Waals surface area contributed by atoms with Crippen LogP contribution in [0.2, 0.25) is 0 Å². The molecule has 0 aliphatic carbocycles. The summed E-state index contributed by atoms with van der Waals surface area (Å²) in [6, 6.07) is 26.1. The lowest BCUT2D eigenvalue weighted by Gasteiger charge is -2.34. The smallest absolute Gasteiger partial charge is 0.142 e. The van der Waals surface area contributed by atoms with Crippen LogP contribution in [0.5, 0.6) is 5.75 Å². The average molecular weight is 558 g/mol. The van der Waals surface area contributed by atoms with E-state index >= 15 is 0 Å². The quantitative estimate of drug-likeness (QED) is 0.314. The minimum absolute atomic E-state index is 0.0560. The Kier molecular flexibility index (Phi) is 9.50. The molecule has 41 heavy (non-hydrogen) atoms. The monoisotopic (exact) mass is 557 g/mol. The van der Waals surface area contributed by atoms with Crippen molar-refractivity contribution in [3.05, 3.63) is 95.1 Å². The highest BCUT2D eigenvalue weighted by molar-refractivity contribution is 5.61. The molecule has 7 nitrogen and oxygen atoms in total. The van der Waals surface area contributed by atoms with Crippen molar-refractivity contribution < 1.29 is 18.9 Å². The summed E-state index contributed by atoms with van der Waals surface area (Å²) >= 11 is 0. The summed E-state index contributed by atoms with van der Waals surface area (Å²) in [5.74, 6) is 1.31. The number of methoxy groups -OCH3 is 1. The van der Waals surface area contributed by atoms with E-state index in [0.29, 0.717) is 12.5 Å². The molecular formula is C34H43N3O4. The summed E-state index contributed by atoms with van der Waals surface area (Å²) in [6.07, 6.45) is 2.37. The van der Waals surface area contributed by atoms with Crippen LogP contribution >= 0.6 is 0 Å². The van der Waals surface area contributed by atoms with E-state index in [4.69, 9.17) is 18.9 Å². The van der Waals surface area contributed by atoms with Crippen LogP contribution < -0.4 is 20.3 Å². The van der Waals surface area contributed by atoms with Gasteiger partial charge in [0, 0.05) is 45.8 Å². The second-order valence-electron chi connectivity index (χ2n) is 11.3. The van der Waals surface area contributed by atoms with E-state index in [0.717, 1.165) is 76.8 Å². The molecule has 7 heteroatoms. The standard InChI is InChI=1S/C34H43N3O4/c1-38-18-5-16-37-17-19-39-32-13-8-25(20-31(32)37)24-40-33-23-35-15-14-30(33)26-9-11-28(12-10-26)34(41-29-21-36-22-29)27-6-3-2-4-7-27/h2-4,6-13,20,29-30,33-36H,5,14-19,21-24H2,1H3. The number of nitrogens with zero attached hydrogens (tertiary/aromatic N) is 1. The van der Waals surface area contributed by atoms with E-state index in [1.54, 1.807) is 7.11 Å². The summed E-state index contributed by atoms with van der Waals surface area (Å²) in [5.41, 5.74) is 6.07. The zero-order chi connectivity index (χ0) is 27.9. The predicted octanol–water partition coefficient (Wildman–Crippen LogP) is 4.66. The minimum atomic E-state index is -0.0560. The van der Waals surface area contributed by atoms with Gasteiger partial charge in [0.05, 0.1) is 31.0 Å². The molecular weight excluding hydrogens is 514 g/mol. The van der Waals surface area contributed by atoms with Crippen LogP contribution in [0.1, 0.15) is 47.1 Å². The summed E-state index contributed by atoms with van der Waals surface area (Å²) < 4.78 is 24.3. The zero-order valence-electron chi connectivity index (χ0n) is 24.1. The highest BCUT2D eigenvalue weighted by atomic mass is 16.5. The molecule has 218 valence electrons. The fraction of sp³-hybridized carbons (Fsp3) is 0.471. The van der Waals surface area contributed by atoms with Crippen molar-refractivity contribution in [3.8, 4) is 5.75 Å². The molecule has 3 heterocycles. The fourth-order valence-electron chi connectivity index (χ4n) is 6.08. The van der Waals surface area contributed by atoms with Crippen LogP contribution in [-0.2, 0) is 20.8 Å². The number of piperidine rings is 1. The summed E-state index contributed by atoms with van der Waals surface area (Å²) in [4.78, 5) is 2.40. The molecule has 2 N–H and O–H groups in total. The molecule has 0 radical (unpaired) electrons. The van der Waals surface area contributed by atoms with Crippen molar-refractivity contribution in [1.82, 2.24) is 10.6 Å². The van der Waals surface area contributed by atoms with Gasteiger partial charge in [0.2, 0.25) is 0 Å². The summed E-state index contributed by atoms with van der Waals surface area (Å²) in [5, 5.41) is 6.87. The number of rotatable bonds is 12. The number of benzene rings is 3. The Morgan fingerprint density at radius 1 is 0.951 bits per heavy atom. The number of anilines is 1. The van der Waals surface area contributed by atoms with Crippen LogP contribution in [0.3, 0.4) is 0 Å². The predicted molar refractivity (Wildman–Crippen MR) is 162 cm³/mol. The third-order valence-electron chi connectivity index (χ3n) is 8.49. The van der Waals surface area contributed by atoms with Crippen LogP contribution in [0, 0.1) is 0 Å². The van der Waals surface area contributed by atoms with E-state index in [1.165, 1.54) is 22.3 Å². The lowest BCUT2D eigenvalue weighted by Crippen LogP contribution is -2.49. The molecule has 3 aromatic rings. The molecule has 3 aromatic carbocycles. The first-order chi connectivity index (χ1) is 20.3. The van der Waals surface area contributed by atoms with Gasteiger partial charge in [-0.05, 0) is 53.8 Å².